The Morgan fingerprint density at radius 3 is 1.23 bits per heavy atom. The van der Waals surface area contributed by atoms with Gasteiger partial charge >= 0.3 is 34.2 Å². The lowest BCUT2D eigenvalue weighted by Crippen LogP contribution is -2.62. The molecule has 0 heterocycles. The highest BCUT2D eigenvalue weighted by atomic mass is 28.5. The molecule has 0 aliphatic rings. The van der Waals surface area contributed by atoms with Gasteiger partial charge in [-0.15, -0.1) is 0 Å². The van der Waals surface area contributed by atoms with E-state index in [9.17, 15) is 10.2 Å². The molecule has 0 spiro atoms. The molecule has 0 aromatic rings. The predicted molar refractivity (Wildman–Crippen MR) is 264 cm³/mol. The van der Waals surface area contributed by atoms with Gasteiger partial charge in [-0.1, -0.05) is 104 Å². The first kappa shape index (κ1) is 58.4. The number of aliphatic hydroxyl groups excluding tert-OH is 1. The molecule has 0 aromatic heterocycles. The second-order valence-electron chi connectivity index (χ2n) is 21.1. The first-order chi connectivity index (χ1) is 26.0. The van der Waals surface area contributed by atoms with E-state index in [0.29, 0.717) is 6.61 Å². The fraction of sp³-hybridized carbons (Fsp3) is 1.00. The molecule has 3 unspecified atom stereocenters. The van der Waals surface area contributed by atoms with Crippen LogP contribution in [0.2, 0.25) is 128 Å². The Hall–Kier alpha value is 1.38. The lowest BCUT2D eigenvalue weighted by molar-refractivity contribution is -0.0945. The zero-order valence-corrected chi connectivity index (χ0v) is 48.9. The van der Waals surface area contributed by atoms with E-state index in [1.165, 1.54) is 83.1 Å². The van der Waals surface area contributed by atoms with Gasteiger partial charge in [0.1, 0.15) is 0 Å². The van der Waals surface area contributed by atoms with Gasteiger partial charge in [0, 0.05) is 6.61 Å². The molecule has 2 N–H and O–H groups in total. The largest absolute Gasteiger partial charge is 0.455 e. The van der Waals surface area contributed by atoms with E-state index in [-0.39, 0.29) is 6.61 Å². The van der Waals surface area contributed by atoms with E-state index < -0.39 is 73.8 Å². The van der Waals surface area contributed by atoms with E-state index in [1.54, 1.807) is 0 Å². The molecule has 344 valence electrons. The minimum absolute atomic E-state index is 0.0944. The minimum Gasteiger partial charge on any atom is -0.455 e. The van der Waals surface area contributed by atoms with Crippen LogP contribution >= 0.6 is 0 Å². The lowest BCUT2D eigenvalue weighted by Gasteiger charge is -2.46. The van der Waals surface area contributed by atoms with Crippen LogP contribution in [0.4, 0.5) is 0 Å². The zero-order valence-electron chi connectivity index (χ0n) is 40.9. The molecule has 0 aromatic carbocycles. The van der Waals surface area contributed by atoms with Crippen LogP contribution in [0.3, 0.4) is 0 Å². The Morgan fingerprint density at radius 1 is 0.368 bits per heavy atom. The molecule has 0 saturated heterocycles. The van der Waals surface area contributed by atoms with Crippen molar-refractivity contribution in [1.82, 2.24) is 0 Å². The van der Waals surface area contributed by atoms with Crippen LogP contribution in [0.5, 0.6) is 0 Å². The Morgan fingerprint density at radius 2 is 0.772 bits per heavy atom. The Labute approximate surface area is 363 Å². The third-order valence-corrected chi connectivity index (χ3v) is 40.5. The molecule has 3 atom stereocenters. The number of rotatable bonds is 37. The topological polar surface area (TPSA) is 105 Å². The van der Waals surface area contributed by atoms with Gasteiger partial charge in [0.15, 0.2) is 39.6 Å². The Kier molecular flexibility index (Phi) is 28.2. The summed E-state index contributed by atoms with van der Waals surface area (Å²) in [6.07, 6.45) is 17.2. The second-order valence-corrected chi connectivity index (χ2v) is 53.5. The second kappa shape index (κ2) is 27.5. The van der Waals surface area contributed by atoms with Gasteiger partial charge in [-0.25, -0.2) is 0 Å². The van der Waals surface area contributed by atoms with Gasteiger partial charge in [0.05, 0.1) is 6.61 Å². The third kappa shape index (κ3) is 32.7. The quantitative estimate of drug-likeness (QED) is 0.0358. The van der Waals surface area contributed by atoms with Gasteiger partial charge in [-0.2, -0.15) is 0 Å². The van der Waals surface area contributed by atoms with Gasteiger partial charge < -0.3 is 39.6 Å². The van der Waals surface area contributed by atoms with Crippen molar-refractivity contribution < 1.29 is 39.6 Å². The normalized spacial score (nSPS) is 16.8. The molecule has 17 heteroatoms. The first-order valence-electron chi connectivity index (χ1n) is 23.1. The fourth-order valence-electron chi connectivity index (χ4n) is 8.47. The number of hydrogen-bond acceptors (Lipinski definition) is 9. The predicted octanol–water partition coefficient (Wildman–Crippen LogP) is 13.3. The molecule has 0 radical (unpaired) electrons. The highest BCUT2D eigenvalue weighted by Gasteiger charge is 2.51. The summed E-state index contributed by atoms with van der Waals surface area (Å²) >= 11 is 0. The van der Waals surface area contributed by atoms with Crippen LogP contribution in [-0.2, 0) is 29.4 Å². The van der Waals surface area contributed by atoms with Crippen molar-refractivity contribution in [3.05, 3.63) is 0 Å². The molecule has 0 fully saturated rings. The monoisotopic (exact) mass is 947 g/mol. The summed E-state index contributed by atoms with van der Waals surface area (Å²) in [7, 11) is -18.5. The van der Waals surface area contributed by atoms with Gasteiger partial charge in [0.25, 0.3) is 0 Å². The Balaban J connectivity index is 6.41. The van der Waals surface area contributed by atoms with Crippen molar-refractivity contribution in [2.45, 2.75) is 245 Å². The molecule has 9 nitrogen and oxygen atoms in total. The molecule has 0 saturated carbocycles. The summed E-state index contributed by atoms with van der Waals surface area (Å²) in [5.74, 6) is 0. The van der Waals surface area contributed by atoms with Crippen molar-refractivity contribution in [2.75, 3.05) is 13.2 Å². The van der Waals surface area contributed by atoms with E-state index in [0.717, 1.165) is 43.4 Å². The van der Waals surface area contributed by atoms with Crippen molar-refractivity contribution in [3.8, 4) is 0 Å². The average molecular weight is 948 g/mol. The highest BCUT2D eigenvalue weighted by Crippen LogP contribution is 2.36. The maximum absolute atomic E-state index is 9.33. The summed E-state index contributed by atoms with van der Waals surface area (Å²) in [5, 5.41) is 18.7. The van der Waals surface area contributed by atoms with Gasteiger partial charge in [-0.05, 0) is 135 Å². The molecule has 0 aliphatic heterocycles. The molecule has 0 bridgehead atoms. The summed E-state index contributed by atoms with van der Waals surface area (Å²) < 4.78 is 49.0. The van der Waals surface area contributed by atoms with Crippen LogP contribution in [0.1, 0.15) is 110 Å². The third-order valence-electron chi connectivity index (χ3n) is 9.88. The van der Waals surface area contributed by atoms with E-state index in [2.05, 4.69) is 112 Å². The van der Waals surface area contributed by atoms with E-state index in [4.69, 9.17) is 29.4 Å². The van der Waals surface area contributed by atoms with Crippen LogP contribution in [0.15, 0.2) is 0 Å². The number of unbranched alkanes of at least 4 members (excludes halogenated alkanes) is 11. The SMILES string of the molecule is CCCCCCCCCCCCCC[Si](C)(O[Si](C)(C)O[Si](C)(C)C)O[Si](C)(CCC[Si](C)(C)O[Si](C)(C)CCC)O[Si](C)(CCCOCC(O)O)O[Si](C)(C)C. The molecular formula is C40H98O9Si8. The zero-order chi connectivity index (χ0) is 44.1. The van der Waals surface area contributed by atoms with E-state index in [1.807, 2.05) is 0 Å². The van der Waals surface area contributed by atoms with Crippen molar-refractivity contribution in [2.24, 2.45) is 0 Å². The average Bonchev–Trinajstić information content (AvgIpc) is 2.97. The number of aliphatic hydroxyl groups is 2. The number of hydrogen-bond donors (Lipinski definition) is 2. The Bertz CT molecular complexity index is 1050. The van der Waals surface area contributed by atoms with Crippen molar-refractivity contribution in [1.29, 1.82) is 0 Å². The van der Waals surface area contributed by atoms with Crippen LogP contribution < -0.4 is 0 Å². The summed E-state index contributed by atoms with van der Waals surface area (Å²) in [4.78, 5) is 0. The molecule has 0 aliphatic carbocycles. The van der Waals surface area contributed by atoms with Crippen LogP contribution in [-0.4, -0.2) is 97.2 Å². The molecular weight excluding hydrogens is 849 g/mol. The summed E-state index contributed by atoms with van der Waals surface area (Å²) in [6.45, 7) is 39.2. The maximum atomic E-state index is 9.33. The lowest BCUT2D eigenvalue weighted by atomic mass is 10.1. The fourth-order valence-corrected chi connectivity index (χ4v) is 47.5. The first-order valence-corrected chi connectivity index (χ1v) is 46.6. The standard InChI is InChI=1S/C40H98O9Si8/c1-18-20-21-22-23-24-25-26-27-28-29-30-36-56(16,47-54(13,14)44-50(3,4)5)49-57(17,38-32-35-53(11,12)46-52(9,10)34-19-2)48-55(15,45-51(6,7)8)37-31-33-43-39-40(41)42/h40-42H,18-39H2,1-17H3. The van der Waals surface area contributed by atoms with Gasteiger partial charge in [0.2, 0.25) is 0 Å². The van der Waals surface area contributed by atoms with Crippen LogP contribution in [0, 0.1) is 0 Å². The molecule has 57 heavy (non-hydrogen) atoms. The van der Waals surface area contributed by atoms with E-state index >= 15 is 0 Å². The van der Waals surface area contributed by atoms with Crippen molar-refractivity contribution >= 4 is 67.5 Å². The minimum atomic E-state index is -2.91. The molecule has 0 rings (SSSR count). The summed E-state index contributed by atoms with van der Waals surface area (Å²) in [5.41, 5.74) is 0. The molecule has 0 amide bonds. The number of ether oxygens (including phenoxy) is 1. The maximum Gasteiger partial charge on any atom is 0.317 e. The van der Waals surface area contributed by atoms with Crippen molar-refractivity contribution in [3.63, 3.8) is 0 Å². The van der Waals surface area contributed by atoms with Gasteiger partial charge in [-0.3, -0.25) is 0 Å². The highest BCUT2D eigenvalue weighted by molar-refractivity contribution is 6.92. The smallest absolute Gasteiger partial charge is 0.317 e. The summed E-state index contributed by atoms with van der Waals surface area (Å²) in [6, 6.07) is 4.83. The van der Waals surface area contributed by atoms with Crippen LogP contribution in [0.25, 0.3) is 0 Å².